The summed E-state index contributed by atoms with van der Waals surface area (Å²) in [6.45, 7) is 7.32. The van der Waals surface area contributed by atoms with Crippen molar-refractivity contribution in [2.75, 3.05) is 13.1 Å². The molecule has 1 aliphatic heterocycles. The molecule has 1 nitrogen and oxygen atoms in total. The van der Waals surface area contributed by atoms with Gasteiger partial charge in [-0.3, -0.25) is 0 Å². The molecule has 0 aromatic rings. The largest absolute Gasteiger partial charge is 0.323 e. The second kappa shape index (κ2) is 7.24. The van der Waals surface area contributed by atoms with Gasteiger partial charge in [0.2, 0.25) is 0 Å². The monoisotopic (exact) mass is 211 g/mol. The Morgan fingerprint density at radius 2 is 1.86 bits per heavy atom. The first-order valence-electron chi connectivity index (χ1n) is 6.29. The van der Waals surface area contributed by atoms with Crippen molar-refractivity contribution in [3.8, 4) is 0 Å². The lowest BCUT2D eigenvalue weighted by atomic mass is 10.2. The predicted octanol–water partition coefficient (Wildman–Crippen LogP) is 3.11. The first kappa shape index (κ1) is 12.0. The van der Waals surface area contributed by atoms with E-state index in [-0.39, 0.29) is 0 Å². The van der Waals surface area contributed by atoms with Crippen LogP contribution in [0.4, 0.5) is 0 Å². The van der Waals surface area contributed by atoms with Gasteiger partial charge in [0.25, 0.3) is 0 Å². The summed E-state index contributed by atoms with van der Waals surface area (Å²) in [6, 6.07) is 1.47. The Morgan fingerprint density at radius 1 is 1.14 bits per heavy atom. The summed E-state index contributed by atoms with van der Waals surface area (Å²) in [5, 5.41) is 0. The first-order valence-corrected chi connectivity index (χ1v) is 8.29. The van der Waals surface area contributed by atoms with Crippen molar-refractivity contribution in [3.05, 3.63) is 11.8 Å². The number of allylic oxidation sites excluding steroid dienone is 1. The number of piperidine rings is 1. The standard InChI is InChI=1S/C12H25NSi/c1-3-5-12-14(11-4-2)13-9-7-6-8-10-13/h5,12,14H,3-4,6-11H2,1-2H3. The number of nitrogens with zero attached hydrogens (tertiary/aromatic N) is 1. The quantitative estimate of drug-likeness (QED) is 0.632. The molecule has 0 amide bonds. The number of hydrogen-bond donors (Lipinski definition) is 0. The molecule has 14 heavy (non-hydrogen) atoms. The minimum atomic E-state index is -0.680. The van der Waals surface area contributed by atoms with Gasteiger partial charge in [-0.1, -0.05) is 38.5 Å². The summed E-state index contributed by atoms with van der Waals surface area (Å²) in [5.74, 6) is 0. The zero-order valence-electron chi connectivity index (χ0n) is 9.84. The van der Waals surface area contributed by atoms with Gasteiger partial charge in [0.1, 0.15) is 8.96 Å². The molecule has 0 aromatic heterocycles. The Hall–Kier alpha value is -0.0831. The van der Waals surface area contributed by atoms with Crippen LogP contribution in [-0.2, 0) is 0 Å². The molecule has 1 saturated heterocycles. The summed E-state index contributed by atoms with van der Waals surface area (Å²) in [6.07, 6.45) is 9.30. The third kappa shape index (κ3) is 3.97. The van der Waals surface area contributed by atoms with E-state index in [1.807, 2.05) is 0 Å². The summed E-state index contributed by atoms with van der Waals surface area (Å²) in [4.78, 5) is 0. The maximum absolute atomic E-state index is 2.80. The normalized spacial score (nSPS) is 21.6. The SMILES string of the molecule is CCC=C[SiH](CCC)N1CCCCC1. The molecular formula is C12H25NSi. The summed E-state index contributed by atoms with van der Waals surface area (Å²) >= 11 is 0. The second-order valence-electron chi connectivity index (χ2n) is 4.29. The average molecular weight is 211 g/mol. The van der Waals surface area contributed by atoms with Crippen LogP contribution in [0.1, 0.15) is 46.0 Å². The third-order valence-corrected chi connectivity index (χ3v) is 6.38. The summed E-state index contributed by atoms with van der Waals surface area (Å²) in [5.41, 5.74) is 2.56. The molecule has 1 rings (SSSR count). The maximum Gasteiger partial charge on any atom is 0.136 e. The van der Waals surface area contributed by atoms with Gasteiger partial charge in [-0.05, 0) is 38.4 Å². The van der Waals surface area contributed by atoms with Gasteiger partial charge in [0, 0.05) is 0 Å². The van der Waals surface area contributed by atoms with Crippen molar-refractivity contribution in [1.82, 2.24) is 4.57 Å². The highest BCUT2D eigenvalue weighted by molar-refractivity contribution is 6.61. The van der Waals surface area contributed by atoms with E-state index in [9.17, 15) is 0 Å². The van der Waals surface area contributed by atoms with Crippen molar-refractivity contribution >= 4 is 8.96 Å². The third-order valence-electron chi connectivity index (χ3n) is 3.04. The fraction of sp³-hybridized carbons (Fsp3) is 0.833. The van der Waals surface area contributed by atoms with Crippen LogP contribution >= 0.6 is 0 Å². The van der Waals surface area contributed by atoms with Crippen LogP contribution in [0.2, 0.25) is 6.04 Å². The van der Waals surface area contributed by atoms with Crippen molar-refractivity contribution in [3.63, 3.8) is 0 Å². The zero-order valence-corrected chi connectivity index (χ0v) is 11.0. The highest BCUT2D eigenvalue weighted by atomic mass is 28.3. The molecule has 0 N–H and O–H groups in total. The minimum absolute atomic E-state index is 0.680. The van der Waals surface area contributed by atoms with Crippen molar-refractivity contribution in [2.45, 2.75) is 52.0 Å². The van der Waals surface area contributed by atoms with Gasteiger partial charge in [-0.2, -0.15) is 0 Å². The topological polar surface area (TPSA) is 3.24 Å². The van der Waals surface area contributed by atoms with E-state index in [0.717, 1.165) is 0 Å². The van der Waals surface area contributed by atoms with Gasteiger partial charge in [0.15, 0.2) is 0 Å². The molecule has 0 bridgehead atoms. The molecule has 0 spiro atoms. The maximum atomic E-state index is 2.80. The molecule has 1 atom stereocenters. The smallest absolute Gasteiger partial charge is 0.136 e. The Labute approximate surface area is 90.9 Å². The average Bonchev–Trinajstić information content (AvgIpc) is 2.25. The predicted molar refractivity (Wildman–Crippen MR) is 67.1 cm³/mol. The van der Waals surface area contributed by atoms with E-state index in [1.54, 1.807) is 0 Å². The summed E-state index contributed by atoms with van der Waals surface area (Å²) < 4.78 is 2.80. The molecule has 0 aromatic carbocycles. The lowest BCUT2D eigenvalue weighted by Crippen LogP contribution is -2.41. The van der Waals surface area contributed by atoms with Crippen LogP contribution in [0.3, 0.4) is 0 Å². The van der Waals surface area contributed by atoms with E-state index in [1.165, 1.54) is 51.2 Å². The second-order valence-corrected chi connectivity index (χ2v) is 7.12. The van der Waals surface area contributed by atoms with E-state index < -0.39 is 8.96 Å². The number of hydrogen-bond acceptors (Lipinski definition) is 1. The Balaban J connectivity index is 2.42. The van der Waals surface area contributed by atoms with Crippen molar-refractivity contribution < 1.29 is 0 Å². The van der Waals surface area contributed by atoms with Crippen LogP contribution in [0.25, 0.3) is 0 Å². The van der Waals surface area contributed by atoms with Crippen LogP contribution in [0, 0.1) is 0 Å². The molecule has 2 heteroatoms. The lowest BCUT2D eigenvalue weighted by molar-refractivity contribution is 0.353. The first-order chi connectivity index (χ1) is 6.88. The minimum Gasteiger partial charge on any atom is -0.323 e. The number of rotatable bonds is 5. The van der Waals surface area contributed by atoms with E-state index >= 15 is 0 Å². The molecule has 1 heterocycles. The van der Waals surface area contributed by atoms with E-state index in [0.29, 0.717) is 0 Å². The lowest BCUT2D eigenvalue weighted by Gasteiger charge is -2.32. The van der Waals surface area contributed by atoms with Crippen LogP contribution in [0.15, 0.2) is 11.8 Å². The van der Waals surface area contributed by atoms with Gasteiger partial charge in [-0.15, -0.1) is 0 Å². The Bertz CT molecular complexity index is 162. The fourth-order valence-electron chi connectivity index (χ4n) is 2.24. The molecule has 82 valence electrons. The van der Waals surface area contributed by atoms with E-state index in [2.05, 4.69) is 30.2 Å². The molecule has 0 saturated carbocycles. The Kier molecular flexibility index (Phi) is 6.20. The van der Waals surface area contributed by atoms with Crippen LogP contribution < -0.4 is 0 Å². The fourth-order valence-corrected chi connectivity index (χ4v) is 5.25. The molecule has 1 unspecified atom stereocenters. The molecule has 1 aliphatic rings. The van der Waals surface area contributed by atoms with Crippen LogP contribution in [0.5, 0.6) is 0 Å². The molecule has 0 aliphatic carbocycles. The van der Waals surface area contributed by atoms with Gasteiger partial charge in [0.05, 0.1) is 0 Å². The molecule has 1 fully saturated rings. The highest BCUT2D eigenvalue weighted by Gasteiger charge is 2.18. The molecular weight excluding hydrogens is 186 g/mol. The highest BCUT2D eigenvalue weighted by Crippen LogP contribution is 2.14. The van der Waals surface area contributed by atoms with Gasteiger partial charge < -0.3 is 4.57 Å². The van der Waals surface area contributed by atoms with Crippen molar-refractivity contribution in [1.29, 1.82) is 0 Å². The van der Waals surface area contributed by atoms with Gasteiger partial charge >= 0.3 is 0 Å². The zero-order chi connectivity index (χ0) is 10.2. The Morgan fingerprint density at radius 3 is 2.43 bits per heavy atom. The van der Waals surface area contributed by atoms with Crippen LogP contribution in [-0.4, -0.2) is 26.6 Å². The van der Waals surface area contributed by atoms with Gasteiger partial charge in [-0.25, -0.2) is 0 Å². The van der Waals surface area contributed by atoms with Crippen molar-refractivity contribution in [2.24, 2.45) is 0 Å². The summed E-state index contributed by atoms with van der Waals surface area (Å²) in [7, 11) is -0.680. The van der Waals surface area contributed by atoms with E-state index in [4.69, 9.17) is 0 Å². The molecule has 0 radical (unpaired) electrons.